The molecule has 0 nitrogen and oxygen atoms in total. The van der Waals surface area contributed by atoms with Gasteiger partial charge in [-0.2, -0.15) is 3.89 Å². The first-order valence-electron chi connectivity index (χ1n) is 10.8. The minimum absolute atomic E-state index is 0.770. The highest BCUT2D eigenvalue weighted by Gasteiger charge is 2.31. The van der Waals surface area contributed by atoms with Crippen molar-refractivity contribution < 1.29 is 3.89 Å². The van der Waals surface area contributed by atoms with Crippen LogP contribution in [-0.4, -0.2) is 0 Å². The van der Waals surface area contributed by atoms with E-state index in [0.717, 1.165) is 38.2 Å². The van der Waals surface area contributed by atoms with Gasteiger partial charge >= 0.3 is 0 Å². The van der Waals surface area contributed by atoms with Crippen LogP contribution in [0.5, 0.6) is 0 Å². The average Bonchev–Trinajstić information content (AvgIpc) is 2.75. The van der Waals surface area contributed by atoms with Crippen LogP contribution in [0.2, 0.25) is 0 Å². The molecule has 1 aliphatic rings. The Balaban J connectivity index is 1.69. The highest BCUT2D eigenvalue weighted by atomic mass is 32.3. The van der Waals surface area contributed by atoms with E-state index in [2.05, 4.69) is 12.1 Å². The van der Waals surface area contributed by atoms with Crippen LogP contribution in [0.1, 0.15) is 48.8 Å². The molecule has 0 aromatic heterocycles. The van der Waals surface area contributed by atoms with Gasteiger partial charge in [0.25, 0.3) is 0 Å². The maximum absolute atomic E-state index is 16.9. The molecule has 0 amide bonds. The van der Waals surface area contributed by atoms with E-state index in [0.29, 0.717) is 0 Å². The Bertz CT molecular complexity index is 874. The van der Waals surface area contributed by atoms with E-state index in [9.17, 15) is 0 Å². The van der Waals surface area contributed by atoms with Gasteiger partial charge in [-0.1, -0.05) is 79.6 Å². The SMILES string of the molecule is Cc1ccc(S(F)(c2ccc(C)cc2)c2ccc(CC3CCCCC3)cc2)cc1. The minimum atomic E-state index is -2.76. The molecule has 1 fully saturated rings. The first-order valence-corrected chi connectivity index (χ1v) is 12.3. The summed E-state index contributed by atoms with van der Waals surface area (Å²) in [6.45, 7) is 4.09. The molecule has 1 aliphatic carbocycles. The summed E-state index contributed by atoms with van der Waals surface area (Å²) >= 11 is 0. The lowest BCUT2D eigenvalue weighted by molar-refractivity contribution is 0.356. The largest absolute Gasteiger partial charge is 0.175 e. The Morgan fingerprint density at radius 1 is 0.655 bits per heavy atom. The lowest BCUT2D eigenvalue weighted by Gasteiger charge is -2.32. The Morgan fingerprint density at radius 3 is 1.52 bits per heavy atom. The maximum Gasteiger partial charge on any atom is 0.0263 e. The lowest BCUT2D eigenvalue weighted by Crippen LogP contribution is -2.09. The van der Waals surface area contributed by atoms with Crippen LogP contribution in [-0.2, 0) is 6.42 Å². The summed E-state index contributed by atoms with van der Waals surface area (Å²) in [5.74, 6) is 0.797. The normalized spacial score (nSPS) is 16.0. The fourth-order valence-corrected chi connectivity index (χ4v) is 6.75. The minimum Gasteiger partial charge on any atom is -0.175 e. The van der Waals surface area contributed by atoms with Crippen molar-refractivity contribution in [1.29, 1.82) is 0 Å². The van der Waals surface area contributed by atoms with Crippen LogP contribution < -0.4 is 0 Å². The molecule has 0 atom stereocenters. The Morgan fingerprint density at radius 2 is 1.07 bits per heavy atom. The van der Waals surface area contributed by atoms with Crippen LogP contribution in [0.25, 0.3) is 0 Å². The first kappa shape index (κ1) is 20.2. The number of aryl methyl sites for hydroxylation is 2. The summed E-state index contributed by atoms with van der Waals surface area (Å²) in [5, 5.41) is 0. The molecular formula is C27H31FS. The summed E-state index contributed by atoms with van der Waals surface area (Å²) in [6.07, 6.45) is 7.92. The molecule has 0 unspecified atom stereocenters. The Kier molecular flexibility index (Phi) is 6.10. The fourth-order valence-electron chi connectivity index (χ4n) is 4.40. The molecule has 3 aromatic carbocycles. The second-order valence-electron chi connectivity index (χ2n) is 8.52. The van der Waals surface area contributed by atoms with Crippen LogP contribution in [0.4, 0.5) is 3.89 Å². The third kappa shape index (κ3) is 4.43. The zero-order valence-electron chi connectivity index (χ0n) is 17.5. The maximum atomic E-state index is 16.9. The molecule has 0 N–H and O–H groups in total. The quantitative estimate of drug-likeness (QED) is 0.398. The van der Waals surface area contributed by atoms with E-state index in [1.54, 1.807) is 0 Å². The van der Waals surface area contributed by atoms with Gasteiger partial charge in [0, 0.05) is 14.7 Å². The highest BCUT2D eigenvalue weighted by molar-refractivity contribution is 8.29. The number of rotatable bonds is 5. The lowest BCUT2D eigenvalue weighted by atomic mass is 9.85. The molecular weight excluding hydrogens is 375 g/mol. The van der Waals surface area contributed by atoms with Gasteiger partial charge < -0.3 is 0 Å². The molecule has 29 heavy (non-hydrogen) atoms. The average molecular weight is 407 g/mol. The third-order valence-electron chi connectivity index (χ3n) is 6.19. The molecule has 0 aliphatic heterocycles. The van der Waals surface area contributed by atoms with Crippen molar-refractivity contribution in [3.63, 3.8) is 0 Å². The van der Waals surface area contributed by atoms with Crippen molar-refractivity contribution in [2.45, 2.75) is 67.1 Å². The van der Waals surface area contributed by atoms with Gasteiger partial charge in [-0.05, 0) is 78.6 Å². The van der Waals surface area contributed by atoms with Crippen LogP contribution in [0.3, 0.4) is 0 Å². The van der Waals surface area contributed by atoms with Crippen molar-refractivity contribution in [1.82, 2.24) is 0 Å². The number of hydrogen-bond donors (Lipinski definition) is 0. The van der Waals surface area contributed by atoms with Gasteiger partial charge in [0.1, 0.15) is 0 Å². The van der Waals surface area contributed by atoms with Crippen LogP contribution >= 0.6 is 10.4 Å². The summed E-state index contributed by atoms with van der Waals surface area (Å²) in [6, 6.07) is 24.3. The number of halogens is 1. The van der Waals surface area contributed by atoms with Crippen molar-refractivity contribution >= 4 is 10.4 Å². The fraction of sp³-hybridized carbons (Fsp3) is 0.333. The van der Waals surface area contributed by atoms with Gasteiger partial charge in [0.15, 0.2) is 0 Å². The van der Waals surface area contributed by atoms with E-state index < -0.39 is 10.4 Å². The predicted molar refractivity (Wildman–Crippen MR) is 123 cm³/mol. The molecule has 1 saturated carbocycles. The standard InChI is InChI=1S/C27H31FS/c1-21-8-14-25(15-9-21)29(28,26-16-10-22(2)11-17-26)27-18-12-24(13-19-27)20-23-6-4-3-5-7-23/h8-19,23H,3-7,20H2,1-2H3. The Hall–Kier alpha value is -2.06. The third-order valence-corrected chi connectivity index (χ3v) is 8.95. The van der Waals surface area contributed by atoms with E-state index >= 15 is 3.89 Å². The van der Waals surface area contributed by atoms with E-state index in [1.807, 2.05) is 74.5 Å². The molecule has 0 heterocycles. The Labute approximate surface area is 176 Å². The zero-order valence-corrected chi connectivity index (χ0v) is 18.4. The molecule has 0 saturated heterocycles. The van der Waals surface area contributed by atoms with E-state index in [1.165, 1.54) is 37.7 Å². The molecule has 152 valence electrons. The van der Waals surface area contributed by atoms with Crippen molar-refractivity contribution in [3.05, 3.63) is 89.5 Å². The van der Waals surface area contributed by atoms with E-state index in [4.69, 9.17) is 0 Å². The molecule has 4 rings (SSSR count). The van der Waals surface area contributed by atoms with Crippen molar-refractivity contribution in [2.75, 3.05) is 0 Å². The van der Waals surface area contributed by atoms with Gasteiger partial charge in [-0.3, -0.25) is 0 Å². The van der Waals surface area contributed by atoms with E-state index in [-0.39, 0.29) is 0 Å². The molecule has 0 radical (unpaired) electrons. The van der Waals surface area contributed by atoms with Gasteiger partial charge in [-0.25, -0.2) is 0 Å². The first-order chi connectivity index (χ1) is 14.1. The summed E-state index contributed by atoms with van der Waals surface area (Å²) in [5.41, 5.74) is 3.65. The topological polar surface area (TPSA) is 0 Å². The predicted octanol–water partition coefficient (Wildman–Crippen LogP) is 8.59. The second-order valence-corrected chi connectivity index (χ2v) is 11.0. The van der Waals surface area contributed by atoms with Gasteiger partial charge in [0.05, 0.1) is 0 Å². The van der Waals surface area contributed by atoms with Crippen LogP contribution in [0.15, 0.2) is 87.5 Å². The van der Waals surface area contributed by atoms with Gasteiger partial charge in [0.2, 0.25) is 0 Å². The van der Waals surface area contributed by atoms with Crippen LogP contribution in [0, 0.1) is 19.8 Å². The summed E-state index contributed by atoms with van der Waals surface area (Å²) in [7, 11) is -2.76. The highest BCUT2D eigenvalue weighted by Crippen LogP contribution is 2.69. The second kappa shape index (κ2) is 8.75. The number of benzene rings is 3. The molecule has 0 spiro atoms. The molecule has 3 aromatic rings. The van der Waals surface area contributed by atoms with Gasteiger partial charge in [-0.15, -0.1) is 0 Å². The molecule has 0 bridgehead atoms. The van der Waals surface area contributed by atoms with Crippen molar-refractivity contribution in [3.8, 4) is 0 Å². The zero-order chi connectivity index (χ0) is 20.3. The smallest absolute Gasteiger partial charge is 0.0263 e. The number of hydrogen-bond acceptors (Lipinski definition) is 0. The summed E-state index contributed by atoms with van der Waals surface area (Å²) in [4.78, 5) is 2.33. The van der Waals surface area contributed by atoms with Crippen molar-refractivity contribution in [2.24, 2.45) is 5.92 Å². The monoisotopic (exact) mass is 406 g/mol. The molecule has 2 heteroatoms. The summed E-state index contributed by atoms with van der Waals surface area (Å²) < 4.78 is 16.9.